The van der Waals surface area contributed by atoms with Gasteiger partial charge in [-0.2, -0.15) is 0 Å². The number of rotatable bonds is 3. The normalized spacial score (nSPS) is 20.6. The quantitative estimate of drug-likeness (QED) is 0.509. The van der Waals surface area contributed by atoms with Crippen molar-refractivity contribution in [1.82, 2.24) is 0 Å². The minimum atomic E-state index is -0.988. The third kappa shape index (κ3) is 3.38. The van der Waals surface area contributed by atoms with Crippen molar-refractivity contribution in [1.29, 1.82) is 0 Å². The predicted octanol–water partition coefficient (Wildman–Crippen LogP) is 5.28. The molecule has 0 saturated heterocycles. The summed E-state index contributed by atoms with van der Waals surface area (Å²) in [5, 5.41) is 10.4. The molecule has 2 aliphatic heterocycles. The molecule has 1 amide bonds. The van der Waals surface area contributed by atoms with E-state index in [1.165, 1.54) is 11.1 Å². The van der Waals surface area contributed by atoms with Gasteiger partial charge in [0.15, 0.2) is 11.5 Å². The van der Waals surface area contributed by atoms with Crippen LogP contribution in [-0.2, 0) is 17.6 Å². The summed E-state index contributed by atoms with van der Waals surface area (Å²) in [6, 6.07) is 16.0. The van der Waals surface area contributed by atoms with E-state index in [0.717, 1.165) is 23.7 Å². The molecule has 0 saturated carbocycles. The van der Waals surface area contributed by atoms with Crippen LogP contribution in [0, 0.1) is 0 Å². The molecule has 3 aliphatic rings. The second kappa shape index (κ2) is 8.17. The maximum Gasteiger partial charge on any atom is 0.313 e. The molecule has 3 aromatic rings. The molecule has 0 spiro atoms. The number of ether oxygens (including phenoxy) is 2. The van der Waals surface area contributed by atoms with Crippen LogP contribution in [-0.4, -0.2) is 30.2 Å². The maximum absolute atomic E-state index is 13.9. The van der Waals surface area contributed by atoms with Gasteiger partial charge < -0.3 is 14.6 Å². The van der Waals surface area contributed by atoms with Crippen molar-refractivity contribution in [2.75, 3.05) is 18.1 Å². The van der Waals surface area contributed by atoms with Crippen LogP contribution in [0.2, 0.25) is 0 Å². The van der Waals surface area contributed by atoms with Crippen molar-refractivity contribution in [3.63, 3.8) is 0 Å². The van der Waals surface area contributed by atoms with Crippen molar-refractivity contribution >= 4 is 33.5 Å². The van der Waals surface area contributed by atoms with E-state index in [2.05, 4.69) is 22.0 Å². The van der Waals surface area contributed by atoms with Crippen LogP contribution >= 0.6 is 15.9 Å². The highest BCUT2D eigenvalue weighted by molar-refractivity contribution is 9.10. The molecule has 2 unspecified atom stereocenters. The van der Waals surface area contributed by atoms with Crippen LogP contribution in [0.1, 0.15) is 51.0 Å². The molecule has 6 nitrogen and oxygen atoms in total. The summed E-state index contributed by atoms with van der Waals surface area (Å²) >= 11 is 3.45. The van der Waals surface area contributed by atoms with Crippen molar-refractivity contribution < 1.29 is 24.2 Å². The first-order valence-electron chi connectivity index (χ1n) is 11.4. The number of nitrogens with zero attached hydrogens (tertiary/aromatic N) is 1. The Bertz CT molecular complexity index is 1340. The average Bonchev–Trinajstić information content (AvgIpc) is 3.31. The van der Waals surface area contributed by atoms with Crippen LogP contribution in [0.25, 0.3) is 0 Å². The van der Waals surface area contributed by atoms with Crippen LogP contribution in [0.4, 0.5) is 5.69 Å². The molecule has 1 aliphatic carbocycles. The van der Waals surface area contributed by atoms with E-state index in [9.17, 15) is 14.7 Å². The van der Waals surface area contributed by atoms with Crippen LogP contribution < -0.4 is 14.4 Å². The van der Waals surface area contributed by atoms with Gasteiger partial charge >= 0.3 is 5.97 Å². The molecular weight excluding hydrogens is 498 g/mol. The molecule has 2 heterocycles. The number of carbonyl (C=O) groups excluding carboxylic acids is 1. The number of halogens is 1. The van der Waals surface area contributed by atoms with Gasteiger partial charge in [-0.15, -0.1) is 0 Å². The highest BCUT2D eigenvalue weighted by Gasteiger charge is 2.45. The smallest absolute Gasteiger partial charge is 0.313 e. The highest BCUT2D eigenvalue weighted by atomic mass is 79.9. The Balaban J connectivity index is 1.57. The fraction of sp³-hybridized carbons (Fsp3) is 0.259. The fourth-order valence-corrected chi connectivity index (χ4v) is 5.78. The standard InChI is InChI=1S/C27H22BrNO5/c28-18-6-8-20-21(14-18)24(27(31)32)25(17-5-9-22-23(13-17)34-11-10-33-22)29(26(20)30)19-7-4-15-2-1-3-16(15)12-19/h4-9,12-14,24-25H,1-3,10-11H2,(H,31,32). The summed E-state index contributed by atoms with van der Waals surface area (Å²) in [7, 11) is 0. The summed E-state index contributed by atoms with van der Waals surface area (Å²) in [6.07, 6.45) is 3.09. The van der Waals surface area contributed by atoms with Gasteiger partial charge in [0, 0.05) is 15.7 Å². The zero-order valence-corrected chi connectivity index (χ0v) is 19.9. The van der Waals surface area contributed by atoms with E-state index in [0.29, 0.717) is 47.1 Å². The van der Waals surface area contributed by atoms with Crippen molar-refractivity contribution in [2.24, 2.45) is 0 Å². The number of anilines is 1. The number of fused-ring (bicyclic) bond motifs is 3. The summed E-state index contributed by atoms with van der Waals surface area (Å²) in [5.74, 6) is -0.970. The monoisotopic (exact) mass is 519 g/mol. The molecule has 6 rings (SSSR count). The van der Waals surface area contributed by atoms with Crippen molar-refractivity contribution in [3.05, 3.63) is 86.9 Å². The molecule has 7 heteroatoms. The molecule has 0 fully saturated rings. The lowest BCUT2D eigenvalue weighted by Crippen LogP contribution is -2.45. The third-order valence-corrected chi connectivity index (χ3v) is 7.42. The third-order valence-electron chi connectivity index (χ3n) is 6.93. The van der Waals surface area contributed by atoms with E-state index in [4.69, 9.17) is 9.47 Å². The van der Waals surface area contributed by atoms with Crippen molar-refractivity contribution in [3.8, 4) is 11.5 Å². The second-order valence-electron chi connectivity index (χ2n) is 8.88. The minimum absolute atomic E-state index is 0.210. The summed E-state index contributed by atoms with van der Waals surface area (Å²) < 4.78 is 12.2. The zero-order valence-electron chi connectivity index (χ0n) is 18.3. The lowest BCUT2D eigenvalue weighted by molar-refractivity contribution is -0.139. The lowest BCUT2D eigenvalue weighted by atomic mass is 9.79. The summed E-state index contributed by atoms with van der Waals surface area (Å²) in [4.78, 5) is 28.3. The number of hydrogen-bond acceptors (Lipinski definition) is 4. The molecule has 0 aromatic heterocycles. The van der Waals surface area contributed by atoms with E-state index in [-0.39, 0.29) is 5.91 Å². The van der Waals surface area contributed by atoms with Gasteiger partial charge in [0.1, 0.15) is 19.1 Å². The van der Waals surface area contributed by atoms with Gasteiger partial charge in [-0.1, -0.05) is 28.1 Å². The van der Waals surface area contributed by atoms with Gasteiger partial charge in [0.2, 0.25) is 0 Å². The molecule has 34 heavy (non-hydrogen) atoms. The number of carboxylic acid groups (broad SMARTS) is 1. The number of carbonyl (C=O) groups is 2. The Labute approximate surface area is 205 Å². The molecule has 3 aromatic carbocycles. The Hall–Kier alpha value is -3.32. The second-order valence-corrected chi connectivity index (χ2v) is 9.79. The molecule has 2 atom stereocenters. The first kappa shape index (κ1) is 21.2. The van der Waals surface area contributed by atoms with Crippen LogP contribution in [0.5, 0.6) is 11.5 Å². The first-order valence-corrected chi connectivity index (χ1v) is 12.2. The van der Waals surface area contributed by atoms with Gasteiger partial charge in [0.05, 0.1) is 6.04 Å². The highest BCUT2D eigenvalue weighted by Crippen LogP contribution is 2.48. The summed E-state index contributed by atoms with van der Waals surface area (Å²) in [5.41, 5.74) is 4.83. The largest absolute Gasteiger partial charge is 0.486 e. The Morgan fingerprint density at radius 2 is 1.74 bits per heavy atom. The number of benzene rings is 3. The molecular formula is C27H22BrNO5. The lowest BCUT2D eigenvalue weighted by Gasteiger charge is -2.41. The molecule has 172 valence electrons. The predicted molar refractivity (Wildman–Crippen MR) is 130 cm³/mol. The number of hydrogen-bond donors (Lipinski definition) is 1. The molecule has 0 bridgehead atoms. The number of carboxylic acids is 1. The van der Waals surface area contributed by atoms with E-state index >= 15 is 0 Å². The Morgan fingerprint density at radius 1 is 0.941 bits per heavy atom. The maximum atomic E-state index is 13.9. The average molecular weight is 520 g/mol. The van der Waals surface area contributed by atoms with E-state index in [1.807, 2.05) is 24.3 Å². The Morgan fingerprint density at radius 3 is 2.56 bits per heavy atom. The van der Waals surface area contributed by atoms with Gasteiger partial charge in [-0.05, 0) is 84.0 Å². The summed E-state index contributed by atoms with van der Waals surface area (Å²) in [6.45, 7) is 0.890. The topological polar surface area (TPSA) is 76.1 Å². The SMILES string of the molecule is O=C(O)C1c2cc(Br)ccc2C(=O)N(c2ccc3c(c2)CCC3)C1c1ccc2c(c1)OCCO2. The van der Waals surface area contributed by atoms with Gasteiger partial charge in [0.25, 0.3) is 5.91 Å². The van der Waals surface area contributed by atoms with Crippen molar-refractivity contribution in [2.45, 2.75) is 31.2 Å². The fourth-order valence-electron chi connectivity index (χ4n) is 5.40. The van der Waals surface area contributed by atoms with Crippen LogP contribution in [0.3, 0.4) is 0 Å². The van der Waals surface area contributed by atoms with E-state index < -0.39 is 17.9 Å². The first-order chi connectivity index (χ1) is 16.5. The molecule has 0 radical (unpaired) electrons. The van der Waals surface area contributed by atoms with Crippen LogP contribution in [0.15, 0.2) is 59.1 Å². The number of aryl methyl sites for hydroxylation is 2. The molecule has 1 N–H and O–H groups in total. The van der Waals surface area contributed by atoms with Gasteiger partial charge in [-0.3, -0.25) is 14.5 Å². The van der Waals surface area contributed by atoms with E-state index in [1.54, 1.807) is 29.2 Å². The number of aliphatic carboxylic acids is 1. The number of amides is 1. The Kier molecular flexibility index (Phi) is 5.10. The minimum Gasteiger partial charge on any atom is -0.486 e. The zero-order chi connectivity index (χ0) is 23.4. The van der Waals surface area contributed by atoms with Gasteiger partial charge in [-0.25, -0.2) is 0 Å².